The van der Waals surface area contributed by atoms with Crippen molar-refractivity contribution in [2.45, 2.75) is 18.9 Å². The zero-order chi connectivity index (χ0) is 17.1. The van der Waals surface area contributed by atoms with Crippen molar-refractivity contribution in [3.05, 3.63) is 59.4 Å². The van der Waals surface area contributed by atoms with Crippen molar-refractivity contribution in [2.24, 2.45) is 0 Å². The second kappa shape index (κ2) is 6.70. The first-order valence-electron chi connectivity index (χ1n) is 7.74. The van der Waals surface area contributed by atoms with Crippen LogP contribution in [0.5, 0.6) is 5.75 Å². The summed E-state index contributed by atoms with van der Waals surface area (Å²) in [5.74, 6) is -0.478. The number of carboxylic acid groups (broad SMARTS) is 1. The summed E-state index contributed by atoms with van der Waals surface area (Å²) < 4.78 is 5.26. The van der Waals surface area contributed by atoms with E-state index in [-0.39, 0.29) is 17.6 Å². The van der Waals surface area contributed by atoms with E-state index in [1.165, 1.54) is 18.3 Å². The number of carboxylic acids is 1. The lowest BCUT2D eigenvalue weighted by atomic mass is 10.0. The Morgan fingerprint density at radius 1 is 1.29 bits per heavy atom. The van der Waals surface area contributed by atoms with E-state index in [4.69, 9.17) is 9.84 Å². The molecule has 1 aromatic heterocycles. The predicted octanol–water partition coefficient (Wildman–Crippen LogP) is 2.77. The Morgan fingerprint density at radius 2 is 2.12 bits per heavy atom. The Kier molecular flexibility index (Phi) is 4.46. The van der Waals surface area contributed by atoms with Crippen LogP contribution in [-0.4, -0.2) is 40.5 Å². The first-order chi connectivity index (χ1) is 11.6. The Balaban J connectivity index is 1.84. The fraction of sp³-hybridized carbons (Fsp3) is 0.278. The summed E-state index contributed by atoms with van der Waals surface area (Å²) in [6.45, 7) is 0.668. The lowest BCUT2D eigenvalue weighted by Gasteiger charge is -2.25. The minimum atomic E-state index is -1.11. The van der Waals surface area contributed by atoms with Crippen molar-refractivity contribution in [3.63, 3.8) is 0 Å². The van der Waals surface area contributed by atoms with Gasteiger partial charge in [-0.05, 0) is 42.7 Å². The third-order valence-electron chi connectivity index (χ3n) is 4.22. The van der Waals surface area contributed by atoms with Crippen LogP contribution in [0.25, 0.3) is 0 Å². The van der Waals surface area contributed by atoms with E-state index in [1.54, 1.807) is 7.11 Å². The number of amides is 1. The number of hydrogen-bond donors (Lipinski definition) is 1. The maximum absolute atomic E-state index is 12.8. The second-order valence-electron chi connectivity index (χ2n) is 5.67. The molecule has 2 aromatic rings. The molecule has 0 saturated carbocycles. The van der Waals surface area contributed by atoms with Gasteiger partial charge in [0.05, 0.1) is 18.7 Å². The van der Waals surface area contributed by atoms with Crippen LogP contribution in [0.3, 0.4) is 0 Å². The third-order valence-corrected chi connectivity index (χ3v) is 4.22. The van der Waals surface area contributed by atoms with E-state index in [1.807, 2.05) is 29.2 Å². The summed E-state index contributed by atoms with van der Waals surface area (Å²) in [4.78, 5) is 29.3. The molecule has 3 rings (SSSR count). The van der Waals surface area contributed by atoms with E-state index in [0.29, 0.717) is 12.1 Å². The lowest BCUT2D eigenvalue weighted by molar-refractivity contribution is 0.0685. The number of carbonyl (C=O) groups excluding carboxylic acids is 1. The Morgan fingerprint density at radius 3 is 2.79 bits per heavy atom. The number of aromatic nitrogens is 1. The average Bonchev–Trinajstić information content (AvgIpc) is 3.11. The first-order valence-corrected chi connectivity index (χ1v) is 7.74. The van der Waals surface area contributed by atoms with Gasteiger partial charge in [0.15, 0.2) is 0 Å². The minimum Gasteiger partial charge on any atom is -0.497 e. The highest BCUT2D eigenvalue weighted by Gasteiger charge is 2.31. The molecule has 0 aliphatic carbocycles. The molecular weight excluding hydrogens is 308 g/mol. The summed E-state index contributed by atoms with van der Waals surface area (Å²) >= 11 is 0. The molecule has 6 nitrogen and oxygen atoms in total. The standard InChI is InChI=1S/C18H18N2O4/c1-24-14-5-2-4-12(10-14)16-6-3-9-20(16)17(21)13-7-8-15(18(22)23)19-11-13/h2,4-5,7-8,10-11,16H,3,6,9H2,1H3,(H,22,23). The van der Waals surface area contributed by atoms with Gasteiger partial charge in [0.2, 0.25) is 0 Å². The highest BCUT2D eigenvalue weighted by atomic mass is 16.5. The minimum absolute atomic E-state index is 0.00764. The maximum atomic E-state index is 12.8. The van der Waals surface area contributed by atoms with E-state index < -0.39 is 5.97 Å². The second-order valence-corrected chi connectivity index (χ2v) is 5.67. The normalized spacial score (nSPS) is 16.9. The first kappa shape index (κ1) is 16.0. The van der Waals surface area contributed by atoms with Gasteiger partial charge in [0.1, 0.15) is 11.4 Å². The summed E-state index contributed by atoms with van der Waals surface area (Å²) in [7, 11) is 1.62. The fourth-order valence-corrected chi connectivity index (χ4v) is 3.02. The molecule has 124 valence electrons. The van der Waals surface area contributed by atoms with Crippen LogP contribution in [0.1, 0.15) is 45.3 Å². The molecule has 24 heavy (non-hydrogen) atoms. The van der Waals surface area contributed by atoms with Crippen molar-refractivity contribution < 1.29 is 19.4 Å². The topological polar surface area (TPSA) is 79.7 Å². The Hall–Kier alpha value is -2.89. The maximum Gasteiger partial charge on any atom is 0.354 e. The van der Waals surface area contributed by atoms with Crippen LogP contribution in [0.2, 0.25) is 0 Å². The number of nitrogens with zero attached hydrogens (tertiary/aromatic N) is 2. The Bertz CT molecular complexity index is 758. The van der Waals surface area contributed by atoms with Crippen LogP contribution >= 0.6 is 0 Å². The lowest BCUT2D eigenvalue weighted by Crippen LogP contribution is -2.30. The molecule has 1 aliphatic rings. The van der Waals surface area contributed by atoms with Gasteiger partial charge in [0.25, 0.3) is 5.91 Å². The number of ether oxygens (including phenoxy) is 1. The van der Waals surface area contributed by atoms with Gasteiger partial charge in [-0.15, -0.1) is 0 Å². The van der Waals surface area contributed by atoms with E-state index in [9.17, 15) is 9.59 Å². The van der Waals surface area contributed by atoms with Crippen LogP contribution in [0.4, 0.5) is 0 Å². The summed E-state index contributed by atoms with van der Waals surface area (Å²) in [5.41, 5.74) is 1.36. The van der Waals surface area contributed by atoms with Gasteiger partial charge in [-0.2, -0.15) is 0 Å². The SMILES string of the molecule is COc1cccc(C2CCCN2C(=O)c2ccc(C(=O)O)nc2)c1. The number of aromatic carboxylic acids is 1. The molecule has 1 saturated heterocycles. The van der Waals surface area contributed by atoms with Crippen molar-refractivity contribution in [1.29, 1.82) is 0 Å². The molecule has 2 heterocycles. The molecular formula is C18H18N2O4. The van der Waals surface area contributed by atoms with E-state index in [0.717, 1.165) is 24.2 Å². The van der Waals surface area contributed by atoms with Gasteiger partial charge in [0, 0.05) is 12.7 Å². The summed E-state index contributed by atoms with van der Waals surface area (Å²) in [6, 6.07) is 10.6. The Labute approximate surface area is 139 Å². The fourth-order valence-electron chi connectivity index (χ4n) is 3.02. The quantitative estimate of drug-likeness (QED) is 0.934. The number of rotatable bonds is 4. The van der Waals surface area contributed by atoms with Gasteiger partial charge in [-0.3, -0.25) is 4.79 Å². The molecule has 1 N–H and O–H groups in total. The monoisotopic (exact) mass is 326 g/mol. The molecule has 0 spiro atoms. The molecule has 6 heteroatoms. The van der Waals surface area contributed by atoms with E-state index >= 15 is 0 Å². The molecule has 1 fully saturated rings. The van der Waals surface area contributed by atoms with Gasteiger partial charge in [-0.25, -0.2) is 9.78 Å². The van der Waals surface area contributed by atoms with Crippen LogP contribution in [-0.2, 0) is 0 Å². The number of benzene rings is 1. The van der Waals surface area contributed by atoms with Crippen LogP contribution in [0.15, 0.2) is 42.6 Å². The van der Waals surface area contributed by atoms with Crippen LogP contribution in [0, 0.1) is 0 Å². The van der Waals surface area contributed by atoms with Gasteiger partial charge in [-0.1, -0.05) is 12.1 Å². The third kappa shape index (κ3) is 3.08. The van der Waals surface area contributed by atoms with Crippen molar-refractivity contribution in [3.8, 4) is 5.75 Å². The van der Waals surface area contributed by atoms with Crippen LogP contribution < -0.4 is 4.74 Å². The molecule has 0 radical (unpaired) electrons. The molecule has 1 unspecified atom stereocenters. The summed E-state index contributed by atoms with van der Waals surface area (Å²) in [5, 5.41) is 8.90. The summed E-state index contributed by atoms with van der Waals surface area (Å²) in [6.07, 6.45) is 3.14. The highest BCUT2D eigenvalue weighted by molar-refractivity contribution is 5.95. The number of methoxy groups -OCH3 is 1. The molecule has 1 atom stereocenters. The van der Waals surface area contributed by atoms with Crippen molar-refractivity contribution in [1.82, 2.24) is 9.88 Å². The number of hydrogen-bond acceptors (Lipinski definition) is 4. The van der Waals surface area contributed by atoms with Gasteiger partial charge < -0.3 is 14.7 Å². The number of pyridine rings is 1. The highest BCUT2D eigenvalue weighted by Crippen LogP contribution is 2.34. The number of likely N-dealkylation sites (tertiary alicyclic amines) is 1. The van der Waals surface area contributed by atoms with E-state index in [2.05, 4.69) is 4.98 Å². The molecule has 1 amide bonds. The molecule has 1 aliphatic heterocycles. The zero-order valence-electron chi connectivity index (χ0n) is 13.3. The van der Waals surface area contributed by atoms with Crippen molar-refractivity contribution in [2.75, 3.05) is 13.7 Å². The van der Waals surface area contributed by atoms with Crippen molar-refractivity contribution >= 4 is 11.9 Å². The average molecular weight is 326 g/mol. The largest absolute Gasteiger partial charge is 0.497 e. The smallest absolute Gasteiger partial charge is 0.354 e. The molecule has 0 bridgehead atoms. The zero-order valence-corrected chi connectivity index (χ0v) is 13.3. The predicted molar refractivity (Wildman–Crippen MR) is 87.2 cm³/mol. The van der Waals surface area contributed by atoms with Gasteiger partial charge >= 0.3 is 5.97 Å². The molecule has 1 aromatic carbocycles. The number of carbonyl (C=O) groups is 2.